The summed E-state index contributed by atoms with van der Waals surface area (Å²) in [5, 5.41) is 6.02. The summed E-state index contributed by atoms with van der Waals surface area (Å²) >= 11 is 0. The predicted molar refractivity (Wildman–Crippen MR) is 96.2 cm³/mol. The Balaban J connectivity index is 1.91. The molecule has 0 aliphatic carbocycles. The summed E-state index contributed by atoms with van der Waals surface area (Å²) < 4.78 is 12.9. The zero-order chi connectivity index (χ0) is 18.2. The fourth-order valence-corrected chi connectivity index (χ4v) is 2.24. The molecule has 134 valence electrons. The predicted octanol–water partition coefficient (Wildman–Crippen LogP) is 1.87. The highest BCUT2D eigenvalue weighted by atomic mass is 19.1. The van der Waals surface area contributed by atoms with E-state index in [0.717, 1.165) is 18.5 Å². The van der Waals surface area contributed by atoms with Crippen molar-refractivity contribution in [2.45, 2.75) is 13.3 Å². The number of carbonyl (C=O) groups excluding carboxylic acids is 1. The first-order valence-electron chi connectivity index (χ1n) is 8.21. The van der Waals surface area contributed by atoms with E-state index in [4.69, 9.17) is 0 Å². The summed E-state index contributed by atoms with van der Waals surface area (Å²) in [4.78, 5) is 22.7. The van der Waals surface area contributed by atoms with E-state index < -0.39 is 0 Å². The number of hydrogen-bond donors (Lipinski definition) is 2. The average Bonchev–Trinajstić information content (AvgIpc) is 2.56. The van der Waals surface area contributed by atoms with Crippen molar-refractivity contribution in [1.82, 2.24) is 20.2 Å². The molecule has 25 heavy (non-hydrogen) atoms. The van der Waals surface area contributed by atoms with Crippen molar-refractivity contribution >= 4 is 11.7 Å². The normalized spacial score (nSPS) is 10.8. The number of benzene rings is 1. The summed E-state index contributed by atoms with van der Waals surface area (Å²) in [7, 11) is 3.90. The maximum Gasteiger partial charge on any atom is 0.270 e. The Hall–Kier alpha value is -2.54. The first kappa shape index (κ1) is 18.8. The number of halogens is 1. The number of hydrogen-bond acceptors (Lipinski definition) is 5. The van der Waals surface area contributed by atoms with Crippen LogP contribution in [0.15, 0.2) is 30.3 Å². The molecule has 1 amide bonds. The van der Waals surface area contributed by atoms with E-state index in [-0.39, 0.29) is 11.7 Å². The first-order valence-corrected chi connectivity index (χ1v) is 8.21. The molecule has 0 unspecified atom stereocenters. The van der Waals surface area contributed by atoms with Gasteiger partial charge in [-0.2, -0.15) is 0 Å². The van der Waals surface area contributed by atoms with Gasteiger partial charge in [-0.25, -0.2) is 14.4 Å². The second-order valence-corrected chi connectivity index (χ2v) is 6.05. The highest BCUT2D eigenvalue weighted by Crippen LogP contribution is 2.08. The monoisotopic (exact) mass is 345 g/mol. The Labute approximate surface area is 147 Å². The van der Waals surface area contributed by atoms with Gasteiger partial charge in [0.05, 0.1) is 0 Å². The number of aromatic nitrogens is 2. The third-order valence-electron chi connectivity index (χ3n) is 3.55. The Kier molecular flexibility index (Phi) is 6.82. The van der Waals surface area contributed by atoms with Gasteiger partial charge in [-0.3, -0.25) is 4.79 Å². The van der Waals surface area contributed by atoms with Gasteiger partial charge in [0.15, 0.2) is 0 Å². The molecule has 0 saturated carbocycles. The van der Waals surface area contributed by atoms with Crippen molar-refractivity contribution in [1.29, 1.82) is 0 Å². The molecule has 1 aromatic heterocycles. The average molecular weight is 345 g/mol. The molecule has 2 rings (SSSR count). The van der Waals surface area contributed by atoms with Crippen LogP contribution in [0.3, 0.4) is 0 Å². The molecule has 0 bridgehead atoms. The number of nitrogens with one attached hydrogen (secondary N) is 2. The van der Waals surface area contributed by atoms with E-state index in [2.05, 4.69) is 20.6 Å². The van der Waals surface area contributed by atoms with Crippen LogP contribution in [-0.2, 0) is 6.42 Å². The number of nitrogens with zero attached hydrogens (tertiary/aromatic N) is 3. The van der Waals surface area contributed by atoms with Gasteiger partial charge >= 0.3 is 0 Å². The molecular formula is C18H24FN5O. The molecule has 6 nitrogen and oxygen atoms in total. The quantitative estimate of drug-likeness (QED) is 0.764. The number of anilines is 1. The van der Waals surface area contributed by atoms with Crippen LogP contribution in [0.4, 0.5) is 10.2 Å². The summed E-state index contributed by atoms with van der Waals surface area (Å²) in [5.41, 5.74) is 1.37. The highest BCUT2D eigenvalue weighted by molar-refractivity contribution is 5.92. The molecule has 1 heterocycles. The van der Waals surface area contributed by atoms with Crippen LogP contribution in [0.1, 0.15) is 21.9 Å². The van der Waals surface area contributed by atoms with E-state index in [0.29, 0.717) is 30.4 Å². The van der Waals surface area contributed by atoms with E-state index in [1.807, 2.05) is 19.0 Å². The minimum atomic E-state index is -0.243. The minimum Gasteiger partial charge on any atom is -0.370 e. The van der Waals surface area contributed by atoms with Gasteiger partial charge in [-0.1, -0.05) is 12.1 Å². The minimum absolute atomic E-state index is 0.214. The van der Waals surface area contributed by atoms with Gasteiger partial charge in [0.25, 0.3) is 5.91 Å². The maximum absolute atomic E-state index is 12.9. The summed E-state index contributed by atoms with van der Waals surface area (Å²) in [6.45, 7) is 3.70. The number of rotatable bonds is 8. The maximum atomic E-state index is 12.9. The SMILES string of the molecule is Cc1nc(NCCc2ccc(F)cc2)cc(C(=O)NCCN(C)C)n1. The molecular weight excluding hydrogens is 321 g/mol. The Morgan fingerprint density at radius 2 is 1.88 bits per heavy atom. The molecule has 0 aliphatic heterocycles. The van der Waals surface area contributed by atoms with Gasteiger partial charge in [-0.05, 0) is 45.1 Å². The number of amides is 1. The van der Waals surface area contributed by atoms with Crippen LogP contribution in [0, 0.1) is 12.7 Å². The molecule has 0 spiro atoms. The third-order valence-corrected chi connectivity index (χ3v) is 3.55. The molecule has 7 heteroatoms. The van der Waals surface area contributed by atoms with Gasteiger partial charge < -0.3 is 15.5 Å². The van der Waals surface area contributed by atoms with Crippen LogP contribution >= 0.6 is 0 Å². The number of carbonyl (C=O) groups is 1. The molecule has 1 aromatic carbocycles. The lowest BCUT2D eigenvalue weighted by Gasteiger charge is -2.11. The second kappa shape index (κ2) is 9.08. The van der Waals surface area contributed by atoms with E-state index >= 15 is 0 Å². The number of aryl methyl sites for hydroxylation is 1. The zero-order valence-electron chi connectivity index (χ0n) is 14.8. The fourth-order valence-electron chi connectivity index (χ4n) is 2.24. The standard InChI is InChI=1S/C18H24FN5O/c1-13-22-16(18(25)21-10-11-24(2)3)12-17(23-13)20-9-8-14-4-6-15(19)7-5-14/h4-7,12H,8-11H2,1-3H3,(H,21,25)(H,20,22,23). The van der Waals surface area contributed by atoms with E-state index in [1.54, 1.807) is 25.1 Å². The lowest BCUT2D eigenvalue weighted by atomic mass is 10.1. The van der Waals surface area contributed by atoms with Crippen molar-refractivity contribution in [3.05, 3.63) is 53.2 Å². The molecule has 2 aromatic rings. The Morgan fingerprint density at radius 3 is 2.56 bits per heavy atom. The lowest BCUT2D eigenvalue weighted by molar-refractivity contribution is 0.0945. The highest BCUT2D eigenvalue weighted by Gasteiger charge is 2.10. The summed E-state index contributed by atoms with van der Waals surface area (Å²) in [6.07, 6.45) is 0.730. The molecule has 0 fully saturated rings. The van der Waals surface area contributed by atoms with Gasteiger partial charge in [0.2, 0.25) is 0 Å². The van der Waals surface area contributed by atoms with Gasteiger partial charge in [0.1, 0.15) is 23.2 Å². The van der Waals surface area contributed by atoms with Crippen molar-refractivity contribution in [3.63, 3.8) is 0 Å². The zero-order valence-corrected chi connectivity index (χ0v) is 14.8. The van der Waals surface area contributed by atoms with E-state index in [9.17, 15) is 9.18 Å². The number of likely N-dealkylation sites (N-methyl/N-ethyl adjacent to an activating group) is 1. The summed E-state index contributed by atoms with van der Waals surface area (Å²) in [6, 6.07) is 8.04. The largest absolute Gasteiger partial charge is 0.370 e. The Morgan fingerprint density at radius 1 is 1.16 bits per heavy atom. The molecule has 0 saturated heterocycles. The third kappa shape index (κ3) is 6.46. The first-order chi connectivity index (χ1) is 11.9. The second-order valence-electron chi connectivity index (χ2n) is 6.05. The molecule has 2 N–H and O–H groups in total. The van der Waals surface area contributed by atoms with Gasteiger partial charge in [-0.15, -0.1) is 0 Å². The van der Waals surface area contributed by atoms with Crippen molar-refractivity contribution < 1.29 is 9.18 Å². The van der Waals surface area contributed by atoms with Crippen molar-refractivity contribution in [3.8, 4) is 0 Å². The topological polar surface area (TPSA) is 70.2 Å². The fraction of sp³-hybridized carbons (Fsp3) is 0.389. The lowest BCUT2D eigenvalue weighted by Crippen LogP contribution is -2.32. The van der Waals surface area contributed by atoms with Gasteiger partial charge in [0, 0.05) is 25.7 Å². The van der Waals surface area contributed by atoms with Crippen LogP contribution in [0.25, 0.3) is 0 Å². The van der Waals surface area contributed by atoms with Crippen molar-refractivity contribution in [2.24, 2.45) is 0 Å². The molecule has 0 radical (unpaired) electrons. The van der Waals surface area contributed by atoms with Crippen molar-refractivity contribution in [2.75, 3.05) is 39.0 Å². The van der Waals surface area contributed by atoms with E-state index in [1.165, 1.54) is 12.1 Å². The molecule has 0 atom stereocenters. The van der Waals surface area contributed by atoms with Crippen LogP contribution in [0.2, 0.25) is 0 Å². The Bertz CT molecular complexity index is 703. The smallest absolute Gasteiger partial charge is 0.270 e. The molecule has 0 aliphatic rings. The van der Waals surface area contributed by atoms with Crippen LogP contribution in [0.5, 0.6) is 0 Å². The summed E-state index contributed by atoms with van der Waals surface area (Å²) in [5.74, 6) is 0.680. The van der Waals surface area contributed by atoms with Crippen LogP contribution < -0.4 is 10.6 Å². The van der Waals surface area contributed by atoms with Crippen LogP contribution in [-0.4, -0.2) is 54.5 Å².